The molecule has 2 amide bonds. The van der Waals surface area contributed by atoms with Gasteiger partial charge in [-0.15, -0.1) is 23.2 Å². The molecule has 4 nitrogen and oxygen atoms in total. The van der Waals surface area contributed by atoms with Gasteiger partial charge in [0, 0.05) is 0 Å². The summed E-state index contributed by atoms with van der Waals surface area (Å²) in [7, 11) is 0. The molecule has 2 bridgehead atoms. The number of likely N-dealkylation sites (tertiary alicyclic amines) is 1. The minimum absolute atomic E-state index is 0.150. The highest BCUT2D eigenvalue weighted by Gasteiger charge is 2.87. The molecule has 1 aliphatic heterocycles. The average Bonchev–Trinajstić information content (AvgIpc) is 2.78. The van der Waals surface area contributed by atoms with E-state index >= 15 is 0 Å². The molecule has 0 spiro atoms. The molecule has 0 N–H and O–H groups in total. The van der Waals surface area contributed by atoms with E-state index in [0.29, 0.717) is 0 Å². The van der Waals surface area contributed by atoms with Crippen molar-refractivity contribution in [3.63, 3.8) is 0 Å². The van der Waals surface area contributed by atoms with E-state index in [1.54, 1.807) is 0 Å². The van der Waals surface area contributed by atoms with E-state index in [0.717, 1.165) is 4.90 Å². The number of halogens is 6. The summed E-state index contributed by atoms with van der Waals surface area (Å²) < 4.78 is -1.94. The normalized spacial score (nSPS) is 42.4. The van der Waals surface area contributed by atoms with Crippen LogP contribution < -0.4 is 0 Å². The molecule has 3 aliphatic rings. The van der Waals surface area contributed by atoms with Gasteiger partial charge in [-0.1, -0.05) is 46.4 Å². The van der Waals surface area contributed by atoms with Crippen molar-refractivity contribution >= 4 is 87.2 Å². The van der Waals surface area contributed by atoms with E-state index in [2.05, 4.69) is 0 Å². The summed E-state index contributed by atoms with van der Waals surface area (Å²) in [5.41, 5.74) is 0. The molecule has 0 aromatic rings. The number of ketones is 1. The molecule has 4 atom stereocenters. The lowest BCUT2D eigenvalue weighted by Crippen LogP contribution is -2.50. The van der Waals surface area contributed by atoms with Gasteiger partial charge in [-0.25, -0.2) is 0 Å². The summed E-state index contributed by atoms with van der Waals surface area (Å²) in [6.07, 6.45) is 0. The Morgan fingerprint density at radius 1 is 1.00 bits per heavy atom. The number of carbonyl (C=O) groups is 3. The van der Waals surface area contributed by atoms with Crippen LogP contribution in [0.3, 0.4) is 0 Å². The molecule has 2 fully saturated rings. The van der Waals surface area contributed by atoms with Crippen LogP contribution in [0.2, 0.25) is 0 Å². The number of alkyl halides is 4. The summed E-state index contributed by atoms with van der Waals surface area (Å²) in [6, 6.07) is 0. The van der Waals surface area contributed by atoms with Crippen molar-refractivity contribution < 1.29 is 14.4 Å². The van der Waals surface area contributed by atoms with E-state index < -0.39 is 37.7 Å². The highest BCUT2D eigenvalue weighted by Crippen LogP contribution is 2.77. The lowest BCUT2D eigenvalue weighted by molar-refractivity contribution is -0.143. The molecule has 1 saturated carbocycles. The average molecular weight is 426 g/mol. The molecule has 3 rings (SSSR count). The number of allylic oxidation sites excluding steroid dienone is 2. The number of hydrogen-bond acceptors (Lipinski definition) is 3. The van der Waals surface area contributed by atoms with Crippen LogP contribution in [-0.2, 0) is 14.4 Å². The van der Waals surface area contributed by atoms with E-state index in [9.17, 15) is 14.4 Å². The molecule has 10 heteroatoms. The maximum Gasteiger partial charge on any atom is 0.235 e. The van der Waals surface area contributed by atoms with Crippen molar-refractivity contribution in [1.29, 1.82) is 0 Å². The number of hydrogen-bond donors (Lipinski definition) is 0. The van der Waals surface area contributed by atoms with E-state index in [4.69, 9.17) is 69.6 Å². The number of nitrogens with zero attached hydrogens (tertiary/aromatic N) is 1. The quantitative estimate of drug-likeness (QED) is 0.505. The zero-order valence-electron chi connectivity index (χ0n) is 10.8. The van der Waals surface area contributed by atoms with E-state index in [1.807, 2.05) is 0 Å². The third kappa shape index (κ3) is 1.53. The Kier molecular flexibility index (Phi) is 3.64. The molecular weight excluding hydrogens is 419 g/mol. The Morgan fingerprint density at radius 2 is 1.36 bits per heavy atom. The van der Waals surface area contributed by atoms with Crippen molar-refractivity contribution in [3.8, 4) is 0 Å². The van der Waals surface area contributed by atoms with Gasteiger partial charge in [-0.3, -0.25) is 19.3 Å². The Morgan fingerprint density at radius 3 is 1.68 bits per heavy atom. The maximum atomic E-state index is 12.6. The van der Waals surface area contributed by atoms with Crippen LogP contribution in [-0.4, -0.2) is 43.1 Å². The maximum absolute atomic E-state index is 12.6. The first-order valence-electron chi connectivity index (χ1n) is 6.10. The number of fused-ring (bicyclic) bond motifs is 5. The van der Waals surface area contributed by atoms with Crippen LogP contribution in [0.4, 0.5) is 0 Å². The first kappa shape index (κ1) is 17.1. The summed E-state index contributed by atoms with van der Waals surface area (Å²) in [6.45, 7) is 0.874. The van der Waals surface area contributed by atoms with Crippen LogP contribution in [0.1, 0.15) is 6.92 Å². The number of amides is 2. The van der Waals surface area contributed by atoms with Gasteiger partial charge in [0.25, 0.3) is 0 Å². The highest BCUT2D eigenvalue weighted by molar-refractivity contribution is 6.66. The summed E-state index contributed by atoms with van der Waals surface area (Å²) in [4.78, 5) is 33.6. The van der Waals surface area contributed by atoms with Gasteiger partial charge in [0.2, 0.25) is 11.8 Å². The standard InChI is InChI=1S/C12H7Cl6NO3/c1-3(20)2-19-8(21)4-5(9(19)22)11(16)7(14)6(13)10(4,15)12(11,17)18/h4-5H,2H2,1H3. The number of rotatable bonds is 2. The van der Waals surface area contributed by atoms with E-state index in [-0.39, 0.29) is 22.4 Å². The smallest absolute Gasteiger partial charge is 0.235 e. The molecule has 0 aromatic carbocycles. The predicted octanol–water partition coefficient (Wildman–Crippen LogP) is 3.02. The largest absolute Gasteiger partial charge is 0.298 e. The Hall–Kier alpha value is 0.290. The predicted molar refractivity (Wildman–Crippen MR) is 84.7 cm³/mol. The first-order valence-corrected chi connectivity index (χ1v) is 8.37. The van der Waals surface area contributed by atoms with Gasteiger partial charge >= 0.3 is 0 Å². The van der Waals surface area contributed by atoms with Crippen LogP contribution in [0.25, 0.3) is 0 Å². The Labute approximate surface area is 155 Å². The summed E-state index contributed by atoms with van der Waals surface area (Å²) >= 11 is 37.8. The minimum Gasteiger partial charge on any atom is -0.298 e. The van der Waals surface area contributed by atoms with Crippen molar-refractivity contribution in [2.75, 3.05) is 6.54 Å². The fraction of sp³-hybridized carbons (Fsp3) is 0.583. The zero-order chi connectivity index (χ0) is 16.8. The highest BCUT2D eigenvalue weighted by atomic mass is 35.5. The zero-order valence-corrected chi connectivity index (χ0v) is 15.3. The van der Waals surface area contributed by atoms with Gasteiger partial charge in [0.05, 0.1) is 28.4 Å². The fourth-order valence-corrected chi connectivity index (χ4v) is 6.36. The molecule has 22 heavy (non-hydrogen) atoms. The Bertz CT molecular complexity index is 630. The SMILES string of the molecule is CC(=O)CN1C(=O)C2C(C1=O)C1(Cl)C(Cl)=C(Cl)C2(Cl)C1(Cl)Cl. The first-order chi connectivity index (χ1) is 9.94. The molecule has 0 radical (unpaired) electrons. The molecule has 0 aromatic heterocycles. The second-order valence-corrected chi connectivity index (χ2v) is 8.82. The molecular formula is C12H7Cl6NO3. The molecule has 1 saturated heterocycles. The number of imide groups is 1. The van der Waals surface area contributed by atoms with Gasteiger partial charge in [-0.2, -0.15) is 0 Å². The number of Topliss-reactive ketones (excluding diaryl/α,β-unsaturated/α-hetero) is 1. The fourth-order valence-electron chi connectivity index (χ4n) is 3.43. The van der Waals surface area contributed by atoms with Crippen molar-refractivity contribution in [2.24, 2.45) is 11.8 Å². The monoisotopic (exact) mass is 423 g/mol. The van der Waals surface area contributed by atoms with Crippen LogP contribution >= 0.6 is 69.6 Å². The summed E-state index contributed by atoms with van der Waals surface area (Å²) in [5, 5.41) is -0.300. The molecule has 1 heterocycles. The third-order valence-electron chi connectivity index (χ3n) is 4.38. The van der Waals surface area contributed by atoms with Gasteiger partial charge in [-0.05, 0) is 6.92 Å². The molecule has 4 unspecified atom stereocenters. The van der Waals surface area contributed by atoms with Crippen LogP contribution in [0.15, 0.2) is 10.1 Å². The lowest BCUT2D eigenvalue weighted by atomic mass is 9.84. The van der Waals surface area contributed by atoms with Crippen molar-refractivity contribution in [2.45, 2.75) is 21.0 Å². The van der Waals surface area contributed by atoms with Gasteiger partial charge < -0.3 is 0 Å². The van der Waals surface area contributed by atoms with Crippen molar-refractivity contribution in [1.82, 2.24) is 4.90 Å². The van der Waals surface area contributed by atoms with Gasteiger partial charge in [0.15, 0.2) is 4.33 Å². The second kappa shape index (κ2) is 4.68. The van der Waals surface area contributed by atoms with Gasteiger partial charge in [0.1, 0.15) is 15.5 Å². The van der Waals surface area contributed by atoms with Crippen LogP contribution in [0, 0.1) is 11.8 Å². The minimum atomic E-state index is -1.94. The number of carbonyl (C=O) groups excluding carboxylic acids is 3. The van der Waals surface area contributed by atoms with E-state index in [1.165, 1.54) is 6.92 Å². The molecule has 2 aliphatic carbocycles. The van der Waals surface area contributed by atoms with Crippen LogP contribution in [0.5, 0.6) is 0 Å². The lowest BCUT2D eigenvalue weighted by Gasteiger charge is -2.34. The topological polar surface area (TPSA) is 54.5 Å². The third-order valence-corrected chi connectivity index (χ3v) is 8.64. The van der Waals surface area contributed by atoms with Crippen molar-refractivity contribution in [3.05, 3.63) is 10.1 Å². The second-order valence-electron chi connectivity index (χ2n) is 5.55. The summed E-state index contributed by atoms with van der Waals surface area (Å²) in [5.74, 6) is -4.09. The Balaban J connectivity index is 2.21. The molecule has 120 valence electrons.